The predicted molar refractivity (Wildman–Crippen MR) is 77.8 cm³/mol. The van der Waals surface area contributed by atoms with Gasteiger partial charge in [0.15, 0.2) is 0 Å². The van der Waals surface area contributed by atoms with Gasteiger partial charge in [0.2, 0.25) is 0 Å². The van der Waals surface area contributed by atoms with E-state index < -0.39 is 29.8 Å². The maximum atomic E-state index is 12.7. The van der Waals surface area contributed by atoms with E-state index in [0.717, 1.165) is 23.3 Å². The number of hydrogen-bond acceptors (Lipinski definition) is 2. The second kappa shape index (κ2) is 5.70. The number of aliphatic hydroxyl groups excluding tert-OH is 1. The molecule has 120 valence electrons. The van der Waals surface area contributed by atoms with E-state index >= 15 is 0 Å². The molecule has 2 atom stereocenters. The zero-order valence-electron chi connectivity index (χ0n) is 12.0. The Morgan fingerprint density at radius 1 is 1.13 bits per heavy atom. The maximum absolute atomic E-state index is 12.7. The molecule has 1 aliphatic rings. The third-order valence-electron chi connectivity index (χ3n) is 3.94. The Hall–Kier alpha value is -2.34. The number of rotatable bonds is 2. The monoisotopic (exact) mass is 321 g/mol. The first-order chi connectivity index (χ1) is 10.9. The van der Waals surface area contributed by atoms with E-state index in [4.69, 9.17) is 0 Å². The number of nitrogens with one attached hydrogen (secondary N) is 1. The Labute approximate surface area is 130 Å². The molecule has 0 aromatic heterocycles. The fourth-order valence-electron chi connectivity index (χ4n) is 2.81. The number of halogens is 3. The number of hydrogen-bond donors (Lipinski definition) is 2. The number of alkyl halides is 3. The molecular formula is C17H14F3NO2. The Kier molecular flexibility index (Phi) is 3.85. The van der Waals surface area contributed by atoms with Crippen LogP contribution in [0.3, 0.4) is 0 Å². The number of amides is 1. The van der Waals surface area contributed by atoms with Gasteiger partial charge in [-0.3, -0.25) is 4.79 Å². The van der Waals surface area contributed by atoms with Gasteiger partial charge in [-0.05, 0) is 29.3 Å². The van der Waals surface area contributed by atoms with Gasteiger partial charge in [-0.25, -0.2) is 0 Å². The summed E-state index contributed by atoms with van der Waals surface area (Å²) in [5.41, 5.74) is 0.753. The van der Waals surface area contributed by atoms with Gasteiger partial charge in [-0.1, -0.05) is 30.3 Å². The number of aliphatic hydroxyl groups is 1. The van der Waals surface area contributed by atoms with Crippen LogP contribution in [0.15, 0.2) is 48.5 Å². The quantitative estimate of drug-likeness (QED) is 0.893. The lowest BCUT2D eigenvalue weighted by atomic mass is 10.1. The van der Waals surface area contributed by atoms with Crippen molar-refractivity contribution in [3.63, 3.8) is 0 Å². The molecule has 0 heterocycles. The van der Waals surface area contributed by atoms with Gasteiger partial charge in [-0.2, -0.15) is 13.2 Å². The minimum absolute atomic E-state index is 0.0867. The average Bonchev–Trinajstić information content (AvgIpc) is 2.83. The van der Waals surface area contributed by atoms with Crippen molar-refractivity contribution >= 4 is 5.91 Å². The maximum Gasteiger partial charge on any atom is 0.416 e. The SMILES string of the molecule is O=C(NC1c2ccccc2CC1O)c1cccc(C(F)(F)F)c1. The van der Waals surface area contributed by atoms with Crippen LogP contribution >= 0.6 is 0 Å². The molecule has 23 heavy (non-hydrogen) atoms. The van der Waals surface area contributed by atoms with Crippen LogP contribution in [-0.2, 0) is 12.6 Å². The summed E-state index contributed by atoms with van der Waals surface area (Å²) in [6, 6.07) is 10.9. The van der Waals surface area contributed by atoms with Gasteiger partial charge >= 0.3 is 6.18 Å². The Morgan fingerprint density at radius 3 is 2.61 bits per heavy atom. The Morgan fingerprint density at radius 2 is 1.87 bits per heavy atom. The normalized spacial score (nSPS) is 20.2. The second-order valence-corrected chi connectivity index (χ2v) is 5.50. The van der Waals surface area contributed by atoms with Crippen molar-refractivity contribution in [2.75, 3.05) is 0 Å². The minimum Gasteiger partial charge on any atom is -0.390 e. The van der Waals surface area contributed by atoms with Crippen LogP contribution in [0.2, 0.25) is 0 Å². The lowest BCUT2D eigenvalue weighted by molar-refractivity contribution is -0.137. The van der Waals surface area contributed by atoms with Crippen molar-refractivity contribution in [2.24, 2.45) is 0 Å². The fraction of sp³-hybridized carbons (Fsp3) is 0.235. The molecule has 2 aromatic rings. The largest absolute Gasteiger partial charge is 0.416 e. The lowest BCUT2D eigenvalue weighted by Gasteiger charge is -2.18. The average molecular weight is 321 g/mol. The molecule has 1 amide bonds. The third-order valence-corrected chi connectivity index (χ3v) is 3.94. The van der Waals surface area contributed by atoms with Crippen LogP contribution in [-0.4, -0.2) is 17.1 Å². The van der Waals surface area contributed by atoms with Crippen molar-refractivity contribution in [2.45, 2.75) is 24.7 Å². The van der Waals surface area contributed by atoms with E-state index in [2.05, 4.69) is 5.32 Å². The molecular weight excluding hydrogens is 307 g/mol. The predicted octanol–water partition coefficient (Wildman–Crippen LogP) is 3.09. The fourth-order valence-corrected chi connectivity index (χ4v) is 2.81. The molecule has 0 spiro atoms. The van der Waals surface area contributed by atoms with Gasteiger partial charge in [0.25, 0.3) is 5.91 Å². The summed E-state index contributed by atoms with van der Waals surface area (Å²) >= 11 is 0. The zero-order chi connectivity index (χ0) is 16.6. The highest BCUT2D eigenvalue weighted by Crippen LogP contribution is 2.32. The smallest absolute Gasteiger partial charge is 0.390 e. The van der Waals surface area contributed by atoms with Crippen LogP contribution in [0, 0.1) is 0 Å². The van der Waals surface area contributed by atoms with Crippen molar-refractivity contribution in [1.82, 2.24) is 5.32 Å². The topological polar surface area (TPSA) is 49.3 Å². The van der Waals surface area contributed by atoms with Crippen LogP contribution in [0.4, 0.5) is 13.2 Å². The van der Waals surface area contributed by atoms with E-state index in [-0.39, 0.29) is 5.56 Å². The highest BCUT2D eigenvalue weighted by molar-refractivity contribution is 5.94. The van der Waals surface area contributed by atoms with E-state index in [1.54, 1.807) is 12.1 Å². The van der Waals surface area contributed by atoms with Crippen molar-refractivity contribution in [3.8, 4) is 0 Å². The van der Waals surface area contributed by atoms with Crippen LogP contribution < -0.4 is 5.32 Å². The van der Waals surface area contributed by atoms with Crippen molar-refractivity contribution in [1.29, 1.82) is 0 Å². The van der Waals surface area contributed by atoms with Gasteiger partial charge < -0.3 is 10.4 Å². The summed E-state index contributed by atoms with van der Waals surface area (Å²) < 4.78 is 38.2. The van der Waals surface area contributed by atoms with Crippen LogP contribution in [0.1, 0.15) is 33.1 Å². The standard InChI is InChI=1S/C17H14F3NO2/c18-17(19,20)12-6-3-5-11(8-12)16(23)21-15-13-7-2-1-4-10(13)9-14(15)22/h1-8,14-15,22H,9H2,(H,21,23). The van der Waals surface area contributed by atoms with Gasteiger partial charge in [0, 0.05) is 12.0 Å². The highest BCUT2D eigenvalue weighted by Gasteiger charge is 2.33. The second-order valence-electron chi connectivity index (χ2n) is 5.50. The summed E-state index contributed by atoms with van der Waals surface area (Å²) in [7, 11) is 0. The Balaban J connectivity index is 1.83. The highest BCUT2D eigenvalue weighted by atomic mass is 19.4. The molecule has 3 rings (SSSR count). The molecule has 0 saturated carbocycles. The first-order valence-corrected chi connectivity index (χ1v) is 7.10. The molecule has 2 N–H and O–H groups in total. The van der Waals surface area contributed by atoms with Gasteiger partial charge in [0.1, 0.15) is 0 Å². The molecule has 1 aliphatic carbocycles. The van der Waals surface area contributed by atoms with Crippen molar-refractivity contribution in [3.05, 3.63) is 70.8 Å². The van der Waals surface area contributed by atoms with Gasteiger partial charge in [0.05, 0.1) is 17.7 Å². The Bertz CT molecular complexity index is 743. The number of carbonyl (C=O) groups is 1. The molecule has 0 saturated heterocycles. The van der Waals surface area contributed by atoms with Crippen LogP contribution in [0.25, 0.3) is 0 Å². The number of fused-ring (bicyclic) bond motifs is 1. The summed E-state index contributed by atoms with van der Waals surface area (Å²) in [5.74, 6) is -0.642. The summed E-state index contributed by atoms with van der Waals surface area (Å²) in [4.78, 5) is 12.2. The first kappa shape index (κ1) is 15.6. The summed E-state index contributed by atoms with van der Waals surface area (Å²) in [6.45, 7) is 0. The molecule has 2 aromatic carbocycles. The van der Waals surface area contributed by atoms with E-state index in [1.807, 2.05) is 12.1 Å². The molecule has 0 aliphatic heterocycles. The van der Waals surface area contributed by atoms with E-state index in [9.17, 15) is 23.1 Å². The first-order valence-electron chi connectivity index (χ1n) is 7.10. The van der Waals surface area contributed by atoms with Crippen molar-refractivity contribution < 1.29 is 23.1 Å². The summed E-state index contributed by atoms with van der Waals surface area (Å²) in [6.07, 6.45) is -4.89. The van der Waals surface area contributed by atoms with E-state index in [0.29, 0.717) is 6.42 Å². The minimum atomic E-state index is -4.50. The molecule has 3 nitrogen and oxygen atoms in total. The number of carbonyl (C=O) groups excluding carboxylic acids is 1. The molecule has 0 bridgehead atoms. The van der Waals surface area contributed by atoms with Gasteiger partial charge in [-0.15, -0.1) is 0 Å². The third kappa shape index (κ3) is 3.07. The molecule has 0 radical (unpaired) electrons. The van der Waals surface area contributed by atoms with Crippen LogP contribution in [0.5, 0.6) is 0 Å². The summed E-state index contributed by atoms with van der Waals surface area (Å²) in [5, 5.41) is 12.7. The molecule has 6 heteroatoms. The van der Waals surface area contributed by atoms with E-state index in [1.165, 1.54) is 12.1 Å². The molecule has 2 unspecified atom stereocenters. The lowest BCUT2D eigenvalue weighted by Crippen LogP contribution is -2.34. The number of benzene rings is 2. The zero-order valence-corrected chi connectivity index (χ0v) is 12.0. The molecule has 0 fully saturated rings.